The lowest BCUT2D eigenvalue weighted by molar-refractivity contribution is -0.156. The first-order valence-electron chi connectivity index (χ1n) is 9.22. The molecule has 1 saturated heterocycles. The minimum absolute atomic E-state index is 0.0571. The third-order valence-electron chi connectivity index (χ3n) is 4.98. The van der Waals surface area contributed by atoms with E-state index >= 15 is 0 Å². The second-order valence-corrected chi connectivity index (χ2v) is 6.81. The Morgan fingerprint density at radius 2 is 1.89 bits per heavy atom. The predicted octanol–water partition coefficient (Wildman–Crippen LogP) is 1.30. The van der Waals surface area contributed by atoms with Crippen molar-refractivity contribution in [3.05, 3.63) is 48.0 Å². The maximum atomic E-state index is 12.9. The average Bonchev–Trinajstić information content (AvgIpc) is 3.15. The van der Waals surface area contributed by atoms with Crippen LogP contribution in [0, 0.1) is 0 Å². The van der Waals surface area contributed by atoms with Crippen LogP contribution in [0.15, 0.2) is 36.8 Å². The minimum atomic E-state index is -0.523. The molecule has 0 bridgehead atoms. The number of rotatable bonds is 8. The summed E-state index contributed by atoms with van der Waals surface area (Å²) < 4.78 is 12.2. The van der Waals surface area contributed by atoms with Gasteiger partial charge in [0.1, 0.15) is 18.3 Å². The van der Waals surface area contributed by atoms with Gasteiger partial charge in [0.2, 0.25) is 11.8 Å². The van der Waals surface area contributed by atoms with Crippen LogP contribution in [0.1, 0.15) is 18.2 Å². The standard InChI is InChI=1S/C20H26N4O4/c1-15-20(26)23(11-16-4-6-18(28-3)7-5-16)13-19(25)24(15)12-17-10-21-14-22(17)8-9-27-2/h4-7,10,14-15H,8-9,11-13H2,1-3H3/t15-/m0/s1. The smallest absolute Gasteiger partial charge is 0.245 e. The fourth-order valence-electron chi connectivity index (χ4n) is 3.30. The van der Waals surface area contributed by atoms with Gasteiger partial charge in [-0.2, -0.15) is 0 Å². The van der Waals surface area contributed by atoms with Gasteiger partial charge in [0.05, 0.1) is 32.3 Å². The molecule has 1 aromatic carbocycles. The van der Waals surface area contributed by atoms with E-state index in [1.807, 2.05) is 28.8 Å². The van der Waals surface area contributed by atoms with E-state index in [2.05, 4.69) is 4.98 Å². The van der Waals surface area contributed by atoms with E-state index in [1.165, 1.54) is 0 Å². The minimum Gasteiger partial charge on any atom is -0.497 e. The summed E-state index contributed by atoms with van der Waals surface area (Å²) in [5, 5.41) is 0. The van der Waals surface area contributed by atoms with Gasteiger partial charge in [-0.1, -0.05) is 12.1 Å². The van der Waals surface area contributed by atoms with E-state index in [4.69, 9.17) is 9.47 Å². The Balaban J connectivity index is 1.67. The highest BCUT2D eigenvalue weighted by atomic mass is 16.5. The third kappa shape index (κ3) is 4.33. The zero-order valence-electron chi connectivity index (χ0n) is 16.5. The molecular weight excluding hydrogens is 360 g/mol. The number of carbonyl (C=O) groups excluding carboxylic acids is 2. The van der Waals surface area contributed by atoms with Crippen molar-refractivity contribution in [3.63, 3.8) is 0 Å². The molecule has 1 aromatic heterocycles. The van der Waals surface area contributed by atoms with Crippen LogP contribution in [0.3, 0.4) is 0 Å². The van der Waals surface area contributed by atoms with Gasteiger partial charge in [0.15, 0.2) is 0 Å². The Morgan fingerprint density at radius 1 is 1.14 bits per heavy atom. The molecule has 0 spiro atoms. The molecule has 1 atom stereocenters. The van der Waals surface area contributed by atoms with Crippen LogP contribution in [-0.2, 0) is 34.0 Å². The second kappa shape index (κ2) is 8.88. The molecule has 3 rings (SSSR count). The van der Waals surface area contributed by atoms with Gasteiger partial charge in [-0.25, -0.2) is 4.98 Å². The molecular formula is C20H26N4O4. The quantitative estimate of drug-likeness (QED) is 0.683. The Kier molecular flexibility index (Phi) is 6.30. The second-order valence-electron chi connectivity index (χ2n) is 6.81. The molecule has 0 radical (unpaired) electrons. The fourth-order valence-corrected chi connectivity index (χ4v) is 3.30. The first-order valence-corrected chi connectivity index (χ1v) is 9.22. The zero-order chi connectivity index (χ0) is 20.1. The summed E-state index contributed by atoms with van der Waals surface area (Å²) in [6.45, 7) is 3.81. The van der Waals surface area contributed by atoms with Gasteiger partial charge >= 0.3 is 0 Å². The molecule has 1 fully saturated rings. The van der Waals surface area contributed by atoms with Crippen LogP contribution >= 0.6 is 0 Å². The SMILES string of the molecule is COCCn1cncc1CN1C(=O)CN(Cc2ccc(OC)cc2)C(=O)[C@@H]1C. The van der Waals surface area contributed by atoms with Crippen molar-refractivity contribution >= 4 is 11.8 Å². The maximum Gasteiger partial charge on any atom is 0.245 e. The molecule has 8 heteroatoms. The summed E-state index contributed by atoms with van der Waals surface area (Å²) in [4.78, 5) is 33.0. The van der Waals surface area contributed by atoms with Gasteiger partial charge in [-0.15, -0.1) is 0 Å². The number of ether oxygens (including phenoxy) is 2. The largest absolute Gasteiger partial charge is 0.497 e. The lowest BCUT2D eigenvalue weighted by atomic mass is 10.1. The van der Waals surface area contributed by atoms with Crippen LogP contribution in [0.2, 0.25) is 0 Å². The van der Waals surface area contributed by atoms with Crippen LogP contribution in [0.5, 0.6) is 5.75 Å². The molecule has 28 heavy (non-hydrogen) atoms. The van der Waals surface area contributed by atoms with Gasteiger partial charge in [0.25, 0.3) is 0 Å². The number of amides is 2. The molecule has 2 heterocycles. The highest BCUT2D eigenvalue weighted by molar-refractivity contribution is 5.94. The third-order valence-corrected chi connectivity index (χ3v) is 4.98. The molecule has 0 aliphatic carbocycles. The lowest BCUT2D eigenvalue weighted by Crippen LogP contribution is -2.58. The molecule has 2 amide bonds. The number of imidazole rings is 1. The predicted molar refractivity (Wildman–Crippen MR) is 103 cm³/mol. The molecule has 2 aromatic rings. The summed E-state index contributed by atoms with van der Waals surface area (Å²) in [6.07, 6.45) is 3.44. The Labute approximate surface area is 164 Å². The van der Waals surface area contributed by atoms with Crippen LogP contribution in [0.25, 0.3) is 0 Å². The molecule has 0 unspecified atom stereocenters. The highest BCUT2D eigenvalue weighted by Crippen LogP contribution is 2.19. The Bertz CT molecular complexity index is 818. The van der Waals surface area contributed by atoms with Crippen LogP contribution in [0.4, 0.5) is 0 Å². The number of aromatic nitrogens is 2. The van der Waals surface area contributed by atoms with E-state index in [-0.39, 0.29) is 18.4 Å². The Hall–Kier alpha value is -2.87. The number of methoxy groups -OCH3 is 2. The number of benzene rings is 1. The fraction of sp³-hybridized carbons (Fsp3) is 0.450. The number of nitrogens with zero attached hydrogens (tertiary/aromatic N) is 4. The first kappa shape index (κ1) is 19.9. The molecule has 1 aliphatic heterocycles. The van der Waals surface area contributed by atoms with Crippen molar-refractivity contribution < 1.29 is 19.1 Å². The average molecular weight is 386 g/mol. The topological polar surface area (TPSA) is 76.9 Å². The molecule has 1 aliphatic rings. The summed E-state index contributed by atoms with van der Waals surface area (Å²) in [5.74, 6) is 0.632. The van der Waals surface area contributed by atoms with Gasteiger partial charge in [0, 0.05) is 26.4 Å². The van der Waals surface area contributed by atoms with E-state index < -0.39 is 6.04 Å². The summed E-state index contributed by atoms with van der Waals surface area (Å²) in [7, 11) is 3.25. The number of piperazine rings is 1. The normalized spacial score (nSPS) is 17.3. The lowest BCUT2D eigenvalue weighted by Gasteiger charge is -2.38. The zero-order valence-corrected chi connectivity index (χ0v) is 16.5. The number of hydrogen-bond acceptors (Lipinski definition) is 5. The molecule has 0 N–H and O–H groups in total. The monoisotopic (exact) mass is 386 g/mol. The maximum absolute atomic E-state index is 12.9. The van der Waals surface area contributed by atoms with Crippen molar-refractivity contribution in [1.29, 1.82) is 0 Å². The van der Waals surface area contributed by atoms with Crippen LogP contribution < -0.4 is 4.74 Å². The number of carbonyl (C=O) groups is 2. The highest BCUT2D eigenvalue weighted by Gasteiger charge is 2.36. The van der Waals surface area contributed by atoms with Crippen molar-refractivity contribution in [2.24, 2.45) is 0 Å². The van der Waals surface area contributed by atoms with Gasteiger partial charge in [-0.3, -0.25) is 9.59 Å². The van der Waals surface area contributed by atoms with Gasteiger partial charge < -0.3 is 23.8 Å². The molecule has 150 valence electrons. The van der Waals surface area contributed by atoms with Crippen molar-refractivity contribution in [3.8, 4) is 5.75 Å². The molecule has 8 nitrogen and oxygen atoms in total. The van der Waals surface area contributed by atoms with E-state index in [0.29, 0.717) is 26.2 Å². The van der Waals surface area contributed by atoms with E-state index in [9.17, 15) is 9.59 Å². The van der Waals surface area contributed by atoms with Crippen molar-refractivity contribution in [2.75, 3.05) is 27.4 Å². The van der Waals surface area contributed by atoms with E-state index in [0.717, 1.165) is 17.0 Å². The molecule has 0 saturated carbocycles. The van der Waals surface area contributed by atoms with Crippen molar-refractivity contribution in [2.45, 2.75) is 32.6 Å². The van der Waals surface area contributed by atoms with Crippen molar-refractivity contribution in [1.82, 2.24) is 19.4 Å². The van der Waals surface area contributed by atoms with Crippen LogP contribution in [-0.4, -0.2) is 64.6 Å². The summed E-state index contributed by atoms with van der Waals surface area (Å²) >= 11 is 0. The summed E-state index contributed by atoms with van der Waals surface area (Å²) in [6, 6.07) is 6.99. The number of hydrogen-bond donors (Lipinski definition) is 0. The van der Waals surface area contributed by atoms with E-state index in [1.54, 1.807) is 43.5 Å². The summed E-state index contributed by atoms with van der Waals surface area (Å²) in [5.41, 5.74) is 1.84. The van der Waals surface area contributed by atoms with Gasteiger partial charge in [-0.05, 0) is 24.6 Å². The first-order chi connectivity index (χ1) is 13.5. The Morgan fingerprint density at radius 3 is 2.57 bits per heavy atom.